The fourth-order valence-electron chi connectivity index (χ4n) is 2.11. The third kappa shape index (κ3) is 2.12. The van der Waals surface area contributed by atoms with Crippen LogP contribution in [0.5, 0.6) is 0 Å². The van der Waals surface area contributed by atoms with Gasteiger partial charge in [0.25, 0.3) is 0 Å². The Morgan fingerprint density at radius 3 is 2.85 bits per heavy atom. The number of hydrogen-bond donors (Lipinski definition) is 1. The number of hydrogen-bond acceptors (Lipinski definition) is 2. The maximum Gasteiger partial charge on any atom is 0.0571 e. The predicted octanol–water partition coefficient (Wildman–Crippen LogP) is 2.76. The van der Waals surface area contributed by atoms with Crippen molar-refractivity contribution >= 4 is 11.3 Å². The number of rotatable bonds is 2. The van der Waals surface area contributed by atoms with E-state index in [4.69, 9.17) is 0 Å². The summed E-state index contributed by atoms with van der Waals surface area (Å²) in [5.41, 5.74) is 0. The van der Waals surface area contributed by atoms with E-state index in [2.05, 4.69) is 19.1 Å². The third-order valence-corrected chi connectivity index (χ3v) is 3.90. The van der Waals surface area contributed by atoms with Crippen molar-refractivity contribution in [3.63, 3.8) is 0 Å². The molecule has 1 aliphatic carbocycles. The van der Waals surface area contributed by atoms with E-state index >= 15 is 0 Å². The molecule has 1 nitrogen and oxygen atoms in total. The van der Waals surface area contributed by atoms with Crippen molar-refractivity contribution in [2.24, 2.45) is 5.92 Å². The molecule has 2 atom stereocenters. The second kappa shape index (κ2) is 3.81. The molecule has 0 saturated heterocycles. The van der Waals surface area contributed by atoms with Crippen molar-refractivity contribution in [1.82, 2.24) is 0 Å². The zero-order chi connectivity index (χ0) is 9.26. The molecule has 2 heteroatoms. The van der Waals surface area contributed by atoms with Crippen molar-refractivity contribution in [3.05, 3.63) is 21.9 Å². The van der Waals surface area contributed by atoms with Crippen molar-refractivity contribution in [1.29, 1.82) is 0 Å². The van der Waals surface area contributed by atoms with Crippen LogP contribution in [0.3, 0.4) is 0 Å². The first kappa shape index (κ1) is 9.22. The highest BCUT2D eigenvalue weighted by Gasteiger charge is 2.25. The van der Waals surface area contributed by atoms with E-state index in [1.165, 1.54) is 22.6 Å². The van der Waals surface area contributed by atoms with Gasteiger partial charge in [0.15, 0.2) is 0 Å². The highest BCUT2D eigenvalue weighted by molar-refractivity contribution is 7.11. The minimum absolute atomic E-state index is 0.0394. The SMILES string of the molecule is Cc1ccc(CC2CCCC2O)s1. The lowest BCUT2D eigenvalue weighted by atomic mass is 10.0. The lowest BCUT2D eigenvalue weighted by molar-refractivity contribution is 0.133. The van der Waals surface area contributed by atoms with Crippen molar-refractivity contribution in [2.45, 2.75) is 38.7 Å². The van der Waals surface area contributed by atoms with E-state index in [1.54, 1.807) is 0 Å². The Kier molecular flexibility index (Phi) is 2.70. The number of aryl methyl sites for hydroxylation is 1. The Morgan fingerprint density at radius 1 is 1.46 bits per heavy atom. The molecule has 1 aromatic rings. The summed E-state index contributed by atoms with van der Waals surface area (Å²) in [5.74, 6) is 0.526. The van der Waals surface area contributed by atoms with Crippen molar-refractivity contribution < 1.29 is 5.11 Å². The second-order valence-corrected chi connectivity index (χ2v) is 5.35. The first-order chi connectivity index (χ1) is 6.25. The molecular formula is C11H16OS. The zero-order valence-corrected chi connectivity index (χ0v) is 8.81. The van der Waals surface area contributed by atoms with Gasteiger partial charge in [-0.3, -0.25) is 0 Å². The quantitative estimate of drug-likeness (QED) is 0.771. The van der Waals surface area contributed by atoms with Crippen LogP contribution >= 0.6 is 11.3 Å². The van der Waals surface area contributed by atoms with E-state index in [9.17, 15) is 5.11 Å². The van der Waals surface area contributed by atoms with Gasteiger partial charge in [0.2, 0.25) is 0 Å². The van der Waals surface area contributed by atoms with Gasteiger partial charge in [-0.1, -0.05) is 6.42 Å². The maximum absolute atomic E-state index is 9.66. The highest BCUT2D eigenvalue weighted by Crippen LogP contribution is 2.30. The van der Waals surface area contributed by atoms with Gasteiger partial charge >= 0.3 is 0 Å². The molecule has 1 aromatic heterocycles. The fraction of sp³-hybridized carbons (Fsp3) is 0.636. The van der Waals surface area contributed by atoms with Gasteiger partial charge in [-0.2, -0.15) is 0 Å². The van der Waals surface area contributed by atoms with Crippen LogP contribution in [0.2, 0.25) is 0 Å². The van der Waals surface area contributed by atoms with Gasteiger partial charge in [-0.25, -0.2) is 0 Å². The van der Waals surface area contributed by atoms with Gasteiger partial charge < -0.3 is 5.11 Å². The summed E-state index contributed by atoms with van der Waals surface area (Å²) in [5, 5.41) is 9.66. The molecule has 0 bridgehead atoms. The van der Waals surface area contributed by atoms with Gasteiger partial charge in [0.05, 0.1) is 6.10 Å². The van der Waals surface area contributed by atoms with E-state index in [-0.39, 0.29) is 6.10 Å². The Balaban J connectivity index is 1.97. The molecular weight excluding hydrogens is 180 g/mol. The lowest BCUT2D eigenvalue weighted by Gasteiger charge is -2.12. The van der Waals surface area contributed by atoms with Crippen molar-refractivity contribution in [3.8, 4) is 0 Å². The largest absolute Gasteiger partial charge is 0.393 e. The van der Waals surface area contributed by atoms with Crippen LogP contribution in [-0.4, -0.2) is 11.2 Å². The molecule has 72 valence electrons. The molecule has 2 unspecified atom stereocenters. The van der Waals surface area contributed by atoms with Gasteiger partial charge in [0.1, 0.15) is 0 Å². The molecule has 0 aromatic carbocycles. The van der Waals surface area contributed by atoms with Gasteiger partial charge in [-0.15, -0.1) is 11.3 Å². The molecule has 1 fully saturated rings. The van der Waals surface area contributed by atoms with Gasteiger partial charge in [-0.05, 0) is 44.2 Å². The highest BCUT2D eigenvalue weighted by atomic mass is 32.1. The fourth-order valence-corrected chi connectivity index (χ4v) is 3.09. The van der Waals surface area contributed by atoms with E-state index < -0.39 is 0 Å². The Morgan fingerprint density at radius 2 is 2.31 bits per heavy atom. The monoisotopic (exact) mass is 196 g/mol. The average Bonchev–Trinajstić information content (AvgIpc) is 2.64. The van der Waals surface area contributed by atoms with E-state index in [0.29, 0.717) is 5.92 Å². The van der Waals surface area contributed by atoms with Crippen molar-refractivity contribution in [2.75, 3.05) is 0 Å². The second-order valence-electron chi connectivity index (χ2n) is 3.97. The zero-order valence-electron chi connectivity index (χ0n) is 7.99. The van der Waals surface area contributed by atoms with Crippen LogP contribution in [0.25, 0.3) is 0 Å². The summed E-state index contributed by atoms with van der Waals surface area (Å²) in [7, 11) is 0. The first-order valence-electron chi connectivity index (χ1n) is 4.99. The summed E-state index contributed by atoms with van der Waals surface area (Å²) in [4.78, 5) is 2.81. The molecule has 0 amide bonds. The summed E-state index contributed by atoms with van der Waals surface area (Å²) in [6.45, 7) is 2.14. The number of aliphatic hydroxyl groups excluding tert-OH is 1. The topological polar surface area (TPSA) is 20.2 Å². The van der Waals surface area contributed by atoms with Crippen LogP contribution in [0.15, 0.2) is 12.1 Å². The summed E-state index contributed by atoms with van der Waals surface area (Å²) in [6, 6.07) is 4.37. The molecule has 1 aliphatic rings. The van der Waals surface area contributed by atoms with Crippen LogP contribution in [0.1, 0.15) is 29.0 Å². The Bertz CT molecular complexity index is 279. The molecule has 1 heterocycles. The average molecular weight is 196 g/mol. The molecule has 13 heavy (non-hydrogen) atoms. The predicted molar refractivity (Wildman–Crippen MR) is 56.1 cm³/mol. The minimum atomic E-state index is -0.0394. The summed E-state index contributed by atoms with van der Waals surface area (Å²) < 4.78 is 0. The number of thiophene rings is 1. The molecule has 1 saturated carbocycles. The third-order valence-electron chi connectivity index (χ3n) is 2.88. The Labute approximate surface area is 83.4 Å². The molecule has 2 rings (SSSR count). The smallest absolute Gasteiger partial charge is 0.0571 e. The first-order valence-corrected chi connectivity index (χ1v) is 5.81. The van der Waals surface area contributed by atoms with Crippen LogP contribution in [-0.2, 0) is 6.42 Å². The minimum Gasteiger partial charge on any atom is -0.393 e. The standard InChI is InChI=1S/C11H16OS/c1-8-5-6-10(13-8)7-9-3-2-4-11(9)12/h5-6,9,11-12H,2-4,7H2,1H3. The molecule has 0 radical (unpaired) electrons. The lowest BCUT2D eigenvalue weighted by Crippen LogP contribution is -2.14. The normalized spacial score (nSPS) is 28.2. The van der Waals surface area contributed by atoms with Crippen LogP contribution in [0.4, 0.5) is 0 Å². The van der Waals surface area contributed by atoms with E-state index in [0.717, 1.165) is 12.8 Å². The van der Waals surface area contributed by atoms with Crippen LogP contribution in [0, 0.1) is 12.8 Å². The molecule has 0 aliphatic heterocycles. The molecule has 0 spiro atoms. The maximum atomic E-state index is 9.66. The van der Waals surface area contributed by atoms with Crippen LogP contribution < -0.4 is 0 Å². The molecule has 1 N–H and O–H groups in total. The summed E-state index contributed by atoms with van der Waals surface area (Å²) >= 11 is 1.87. The Hall–Kier alpha value is -0.340. The summed E-state index contributed by atoms with van der Waals surface area (Å²) in [6.07, 6.45) is 4.46. The van der Waals surface area contributed by atoms with Gasteiger partial charge in [0, 0.05) is 9.75 Å². The number of aliphatic hydroxyl groups is 1. The van der Waals surface area contributed by atoms with E-state index in [1.807, 2.05) is 11.3 Å².